The number of aryl methyl sites for hydroxylation is 1. The number of halogens is 1. The van der Waals surface area contributed by atoms with E-state index in [0.29, 0.717) is 23.1 Å². The van der Waals surface area contributed by atoms with E-state index in [2.05, 4.69) is 44.6 Å². The van der Waals surface area contributed by atoms with Crippen LogP contribution in [-0.4, -0.2) is 55.4 Å². The summed E-state index contributed by atoms with van der Waals surface area (Å²) in [5.41, 5.74) is 5.34. The third kappa shape index (κ3) is 4.60. The Bertz CT molecular complexity index is 1310. The van der Waals surface area contributed by atoms with Crippen molar-refractivity contribution in [2.45, 2.75) is 52.2 Å². The van der Waals surface area contributed by atoms with Gasteiger partial charge in [0, 0.05) is 25.2 Å². The summed E-state index contributed by atoms with van der Waals surface area (Å²) in [5, 5.41) is 19.4. The van der Waals surface area contributed by atoms with E-state index in [4.69, 9.17) is 21.3 Å². The molecule has 0 bridgehead atoms. The van der Waals surface area contributed by atoms with Crippen molar-refractivity contribution in [1.82, 2.24) is 24.5 Å². The Kier molecular flexibility index (Phi) is 6.68. The summed E-state index contributed by atoms with van der Waals surface area (Å²) in [5.74, 6) is 1.45. The molecule has 8 heteroatoms. The quantitative estimate of drug-likeness (QED) is 0.374. The fourth-order valence-electron chi connectivity index (χ4n) is 4.53. The SMILES string of the molecule is CCCCOc1ccc(Cl)c(-c2nnc3c(C)nc4ccc(CN5CCC(O)CC5)cc4n23)c1. The minimum Gasteiger partial charge on any atom is -0.494 e. The van der Waals surface area contributed by atoms with Crippen molar-refractivity contribution in [1.29, 1.82) is 0 Å². The van der Waals surface area contributed by atoms with Crippen LogP contribution in [0, 0.1) is 6.92 Å². The Morgan fingerprint density at radius 2 is 1.94 bits per heavy atom. The zero-order chi connectivity index (χ0) is 23.7. The second-order valence-electron chi connectivity index (χ2n) is 9.05. The average Bonchev–Trinajstić information content (AvgIpc) is 3.28. The number of hydrogen-bond donors (Lipinski definition) is 1. The summed E-state index contributed by atoms with van der Waals surface area (Å²) in [4.78, 5) is 7.15. The molecule has 1 aliphatic rings. The van der Waals surface area contributed by atoms with Crippen molar-refractivity contribution < 1.29 is 9.84 Å². The van der Waals surface area contributed by atoms with Crippen LogP contribution in [0.3, 0.4) is 0 Å². The highest BCUT2D eigenvalue weighted by molar-refractivity contribution is 6.33. The first-order valence-electron chi connectivity index (χ1n) is 12.0. The number of ether oxygens (including phenoxy) is 1. The Morgan fingerprint density at radius 3 is 2.74 bits per heavy atom. The van der Waals surface area contributed by atoms with Crippen LogP contribution in [-0.2, 0) is 6.54 Å². The first-order valence-corrected chi connectivity index (χ1v) is 12.4. The number of benzene rings is 2. The maximum Gasteiger partial charge on any atom is 0.183 e. The predicted octanol–water partition coefficient (Wildman–Crippen LogP) is 5.04. The number of aliphatic hydroxyl groups excluding tert-OH is 1. The van der Waals surface area contributed by atoms with Crippen molar-refractivity contribution in [2.24, 2.45) is 0 Å². The van der Waals surface area contributed by atoms with Gasteiger partial charge in [0.05, 0.1) is 34.5 Å². The van der Waals surface area contributed by atoms with Crippen molar-refractivity contribution in [3.05, 3.63) is 52.7 Å². The minimum atomic E-state index is -0.175. The van der Waals surface area contributed by atoms with Crippen LogP contribution in [0.5, 0.6) is 5.75 Å². The van der Waals surface area contributed by atoms with Gasteiger partial charge in [-0.05, 0) is 62.1 Å². The number of unbranched alkanes of at least 4 members (excludes halogenated alkanes) is 1. The van der Waals surface area contributed by atoms with Crippen LogP contribution >= 0.6 is 11.6 Å². The molecule has 0 radical (unpaired) electrons. The van der Waals surface area contributed by atoms with E-state index in [1.54, 1.807) is 0 Å². The first kappa shape index (κ1) is 23.0. The molecule has 7 nitrogen and oxygen atoms in total. The number of nitrogens with zero attached hydrogens (tertiary/aromatic N) is 5. The van der Waals surface area contributed by atoms with Crippen LogP contribution in [0.4, 0.5) is 0 Å². The summed E-state index contributed by atoms with van der Waals surface area (Å²) in [6.45, 7) is 7.39. The summed E-state index contributed by atoms with van der Waals surface area (Å²) in [7, 11) is 0. The molecule has 1 saturated heterocycles. The normalized spacial score (nSPS) is 15.4. The summed E-state index contributed by atoms with van der Waals surface area (Å²) >= 11 is 6.63. The molecular weight excluding hydrogens is 450 g/mol. The average molecular weight is 480 g/mol. The highest BCUT2D eigenvalue weighted by Gasteiger charge is 2.20. The van der Waals surface area contributed by atoms with Crippen LogP contribution in [0.15, 0.2) is 36.4 Å². The number of piperidine rings is 1. The van der Waals surface area contributed by atoms with Crippen molar-refractivity contribution in [3.8, 4) is 17.1 Å². The lowest BCUT2D eigenvalue weighted by molar-refractivity contribution is 0.0792. The van der Waals surface area contributed by atoms with Crippen molar-refractivity contribution in [3.63, 3.8) is 0 Å². The van der Waals surface area contributed by atoms with Gasteiger partial charge in [-0.15, -0.1) is 10.2 Å². The Labute approximate surface area is 204 Å². The van der Waals surface area contributed by atoms with E-state index in [-0.39, 0.29) is 6.10 Å². The van der Waals surface area contributed by atoms with Gasteiger partial charge < -0.3 is 9.84 Å². The lowest BCUT2D eigenvalue weighted by Crippen LogP contribution is -2.35. The number of hydrogen-bond acceptors (Lipinski definition) is 6. The summed E-state index contributed by atoms with van der Waals surface area (Å²) in [6, 6.07) is 12.0. The molecule has 0 amide bonds. The molecular formula is C26H30ClN5O2. The maximum atomic E-state index is 9.82. The van der Waals surface area contributed by atoms with Gasteiger partial charge in [-0.2, -0.15) is 0 Å². The molecule has 178 valence electrons. The van der Waals surface area contributed by atoms with Crippen LogP contribution in [0.1, 0.15) is 43.9 Å². The molecule has 0 saturated carbocycles. The third-order valence-electron chi connectivity index (χ3n) is 6.46. The van der Waals surface area contributed by atoms with E-state index < -0.39 is 0 Å². The van der Waals surface area contributed by atoms with E-state index in [0.717, 1.165) is 73.4 Å². The van der Waals surface area contributed by atoms with Crippen LogP contribution in [0.25, 0.3) is 28.1 Å². The molecule has 1 fully saturated rings. The van der Waals surface area contributed by atoms with Gasteiger partial charge in [-0.25, -0.2) is 4.98 Å². The van der Waals surface area contributed by atoms with Gasteiger partial charge in [0.25, 0.3) is 0 Å². The molecule has 0 aliphatic carbocycles. The Morgan fingerprint density at radius 1 is 1.12 bits per heavy atom. The topological polar surface area (TPSA) is 75.8 Å². The highest BCUT2D eigenvalue weighted by atomic mass is 35.5. The lowest BCUT2D eigenvalue weighted by Gasteiger charge is -2.29. The number of aliphatic hydroxyl groups is 1. The molecule has 3 heterocycles. The molecule has 0 spiro atoms. The molecule has 2 aromatic carbocycles. The third-order valence-corrected chi connectivity index (χ3v) is 6.79. The Hall–Kier alpha value is -2.74. The monoisotopic (exact) mass is 479 g/mol. The van der Waals surface area contributed by atoms with Gasteiger partial charge in [0.2, 0.25) is 0 Å². The predicted molar refractivity (Wildman–Crippen MR) is 134 cm³/mol. The number of rotatable bonds is 7. The number of likely N-dealkylation sites (tertiary alicyclic amines) is 1. The molecule has 0 atom stereocenters. The number of fused-ring (bicyclic) bond motifs is 3. The van der Waals surface area contributed by atoms with E-state index >= 15 is 0 Å². The largest absolute Gasteiger partial charge is 0.494 e. The summed E-state index contributed by atoms with van der Waals surface area (Å²) in [6.07, 6.45) is 3.55. The van der Waals surface area contributed by atoms with Crippen LogP contribution in [0.2, 0.25) is 5.02 Å². The first-order chi connectivity index (χ1) is 16.5. The maximum absolute atomic E-state index is 9.82. The molecule has 0 unspecified atom stereocenters. The van der Waals surface area contributed by atoms with Gasteiger partial charge in [-0.3, -0.25) is 9.30 Å². The van der Waals surface area contributed by atoms with Crippen LogP contribution < -0.4 is 4.74 Å². The molecule has 34 heavy (non-hydrogen) atoms. The van der Waals surface area contributed by atoms with Gasteiger partial charge in [-0.1, -0.05) is 31.0 Å². The van der Waals surface area contributed by atoms with Crippen molar-refractivity contribution in [2.75, 3.05) is 19.7 Å². The zero-order valence-electron chi connectivity index (χ0n) is 19.7. The summed E-state index contributed by atoms with van der Waals surface area (Å²) < 4.78 is 7.98. The van der Waals surface area contributed by atoms with Crippen molar-refractivity contribution >= 4 is 28.3 Å². The number of aromatic nitrogens is 4. The minimum absolute atomic E-state index is 0.175. The van der Waals surface area contributed by atoms with Gasteiger partial charge in [0.1, 0.15) is 5.75 Å². The molecule has 4 aromatic rings. The fraction of sp³-hybridized carbons (Fsp3) is 0.423. The molecule has 1 aliphatic heterocycles. The van der Waals surface area contributed by atoms with Gasteiger partial charge >= 0.3 is 0 Å². The van der Waals surface area contributed by atoms with Gasteiger partial charge in [0.15, 0.2) is 11.5 Å². The highest BCUT2D eigenvalue weighted by Crippen LogP contribution is 2.33. The fourth-order valence-corrected chi connectivity index (χ4v) is 4.73. The smallest absolute Gasteiger partial charge is 0.183 e. The molecule has 1 N–H and O–H groups in total. The van der Waals surface area contributed by atoms with E-state index in [1.165, 1.54) is 5.56 Å². The second-order valence-corrected chi connectivity index (χ2v) is 9.46. The van der Waals surface area contributed by atoms with E-state index in [1.807, 2.05) is 25.1 Å². The second kappa shape index (κ2) is 9.86. The standard InChI is InChI=1S/C26H30ClN5O2/c1-3-4-13-34-20-6-7-22(27)21(15-20)26-30-29-25-17(2)28-23-8-5-18(14-24(23)32(25)26)16-31-11-9-19(33)10-12-31/h5-8,14-15,19,33H,3-4,9-13,16H2,1-2H3. The Balaban J connectivity index is 1.57. The molecule has 2 aromatic heterocycles. The lowest BCUT2D eigenvalue weighted by atomic mass is 10.1. The molecule has 5 rings (SSSR count). The van der Waals surface area contributed by atoms with E-state index in [9.17, 15) is 5.11 Å². The zero-order valence-corrected chi connectivity index (χ0v) is 20.4.